The first-order valence-electron chi connectivity index (χ1n) is 9.16. The number of carboxylic acid groups (broad SMARTS) is 2. The predicted octanol–water partition coefficient (Wildman–Crippen LogP) is 0.788. The van der Waals surface area contributed by atoms with Crippen molar-refractivity contribution in [1.29, 1.82) is 0 Å². The Morgan fingerprint density at radius 2 is 1.14 bits per heavy atom. The molecule has 0 saturated carbocycles. The van der Waals surface area contributed by atoms with Crippen LogP contribution in [0.15, 0.2) is 12.2 Å². The van der Waals surface area contributed by atoms with Gasteiger partial charge in [0.2, 0.25) is 0 Å². The Morgan fingerprint density at radius 3 is 1.43 bits per heavy atom. The van der Waals surface area contributed by atoms with Gasteiger partial charge in [-0.2, -0.15) is 0 Å². The first-order valence-corrected chi connectivity index (χ1v) is 9.16. The third-order valence-corrected chi connectivity index (χ3v) is 4.40. The normalized spacial score (nSPS) is 33.8. The standard InChI is InChI=1S/C18H28O10/c1-17(15(19)20)25-9-13(10-26-17)23-7-5-3-4-6-8-24-14-11-27-18(2,16(21)22)28-12-14/h3-4,13-14H,5-12H2,1-2H3,(H,19,20)(H,21,22)/b4-3-. The summed E-state index contributed by atoms with van der Waals surface area (Å²) in [6.07, 6.45) is 4.74. The third kappa shape index (κ3) is 6.50. The minimum atomic E-state index is -1.60. The molecule has 0 aromatic carbocycles. The van der Waals surface area contributed by atoms with Crippen LogP contribution in [0.5, 0.6) is 0 Å². The fourth-order valence-corrected chi connectivity index (χ4v) is 2.47. The molecular formula is C18H28O10. The maximum atomic E-state index is 11.0. The van der Waals surface area contributed by atoms with E-state index < -0.39 is 23.5 Å². The van der Waals surface area contributed by atoms with Crippen LogP contribution in [0.25, 0.3) is 0 Å². The lowest BCUT2D eigenvalue weighted by Crippen LogP contribution is -2.50. The van der Waals surface area contributed by atoms with E-state index >= 15 is 0 Å². The van der Waals surface area contributed by atoms with Gasteiger partial charge in [-0.25, -0.2) is 9.59 Å². The van der Waals surface area contributed by atoms with Crippen molar-refractivity contribution in [3.63, 3.8) is 0 Å². The van der Waals surface area contributed by atoms with Gasteiger partial charge in [-0.1, -0.05) is 12.2 Å². The minimum Gasteiger partial charge on any atom is -0.477 e. The second-order valence-electron chi connectivity index (χ2n) is 6.78. The first kappa shape index (κ1) is 22.7. The summed E-state index contributed by atoms with van der Waals surface area (Å²) in [5.74, 6) is -5.50. The van der Waals surface area contributed by atoms with Crippen LogP contribution in [-0.4, -0.2) is 85.6 Å². The van der Waals surface area contributed by atoms with Crippen molar-refractivity contribution in [2.45, 2.75) is 50.5 Å². The topological polar surface area (TPSA) is 130 Å². The molecule has 0 bridgehead atoms. The van der Waals surface area contributed by atoms with Crippen LogP contribution in [0.4, 0.5) is 0 Å². The fourth-order valence-electron chi connectivity index (χ4n) is 2.47. The van der Waals surface area contributed by atoms with Crippen LogP contribution < -0.4 is 0 Å². The molecule has 2 rings (SSSR count). The van der Waals surface area contributed by atoms with E-state index in [-0.39, 0.29) is 38.6 Å². The maximum Gasteiger partial charge on any atom is 0.364 e. The SMILES string of the molecule is CC1(C(=O)O)OCC(OCC/C=C\CCOC2COC(C)(C(=O)O)OC2)CO1. The van der Waals surface area contributed by atoms with Gasteiger partial charge in [0.25, 0.3) is 11.6 Å². The summed E-state index contributed by atoms with van der Waals surface area (Å²) in [6, 6.07) is 0. The Kier molecular flexibility index (Phi) is 8.35. The molecule has 0 amide bonds. The fraction of sp³-hybridized carbons (Fsp3) is 0.778. The highest BCUT2D eigenvalue weighted by atomic mass is 16.7. The second-order valence-corrected chi connectivity index (χ2v) is 6.78. The second kappa shape index (κ2) is 10.3. The Hall–Kier alpha value is -1.56. The molecule has 10 heteroatoms. The lowest BCUT2D eigenvalue weighted by atomic mass is 10.2. The lowest BCUT2D eigenvalue weighted by molar-refractivity contribution is -0.283. The molecule has 160 valence electrons. The van der Waals surface area contributed by atoms with Gasteiger partial charge in [-0.15, -0.1) is 0 Å². The average Bonchev–Trinajstić information content (AvgIpc) is 2.66. The van der Waals surface area contributed by atoms with Gasteiger partial charge in [0.1, 0.15) is 12.2 Å². The quantitative estimate of drug-likeness (QED) is 0.398. The van der Waals surface area contributed by atoms with E-state index in [9.17, 15) is 9.59 Å². The molecule has 2 aliphatic rings. The number of carboxylic acids is 2. The molecule has 2 saturated heterocycles. The van der Waals surface area contributed by atoms with E-state index in [1.807, 2.05) is 12.2 Å². The van der Waals surface area contributed by atoms with Crippen molar-refractivity contribution in [1.82, 2.24) is 0 Å². The first-order chi connectivity index (χ1) is 13.3. The number of hydrogen-bond donors (Lipinski definition) is 2. The zero-order valence-corrected chi connectivity index (χ0v) is 16.1. The maximum absolute atomic E-state index is 11.0. The Morgan fingerprint density at radius 1 is 0.821 bits per heavy atom. The highest BCUT2D eigenvalue weighted by Crippen LogP contribution is 2.21. The molecule has 2 N–H and O–H groups in total. The van der Waals surface area contributed by atoms with Crippen LogP contribution in [0.1, 0.15) is 26.7 Å². The highest BCUT2D eigenvalue weighted by Gasteiger charge is 2.41. The molecule has 0 radical (unpaired) electrons. The largest absolute Gasteiger partial charge is 0.477 e. The third-order valence-electron chi connectivity index (χ3n) is 4.40. The monoisotopic (exact) mass is 404 g/mol. The number of carbonyl (C=O) groups is 2. The number of hydrogen-bond acceptors (Lipinski definition) is 8. The lowest BCUT2D eigenvalue weighted by Gasteiger charge is -2.34. The van der Waals surface area contributed by atoms with Gasteiger partial charge in [0.15, 0.2) is 0 Å². The molecule has 0 atom stereocenters. The molecular weight excluding hydrogens is 376 g/mol. The molecule has 2 heterocycles. The van der Waals surface area contributed by atoms with Crippen molar-refractivity contribution in [3.8, 4) is 0 Å². The molecule has 0 aromatic rings. The Balaban J connectivity index is 1.48. The van der Waals surface area contributed by atoms with E-state index in [0.29, 0.717) is 26.1 Å². The predicted molar refractivity (Wildman–Crippen MR) is 93.7 cm³/mol. The van der Waals surface area contributed by atoms with E-state index in [1.54, 1.807) is 0 Å². The zero-order valence-electron chi connectivity index (χ0n) is 16.1. The van der Waals surface area contributed by atoms with Crippen molar-refractivity contribution in [2.75, 3.05) is 39.6 Å². The molecule has 0 aliphatic carbocycles. The molecule has 0 unspecified atom stereocenters. The van der Waals surface area contributed by atoms with Crippen molar-refractivity contribution >= 4 is 11.9 Å². The van der Waals surface area contributed by atoms with Crippen LogP contribution in [0.2, 0.25) is 0 Å². The summed E-state index contributed by atoms with van der Waals surface area (Å²) in [7, 11) is 0. The Bertz CT molecular complexity index is 497. The summed E-state index contributed by atoms with van der Waals surface area (Å²) < 4.78 is 32.0. The summed E-state index contributed by atoms with van der Waals surface area (Å²) in [4.78, 5) is 22.0. The minimum absolute atomic E-state index is 0.173. The van der Waals surface area contributed by atoms with Gasteiger partial charge in [0, 0.05) is 13.8 Å². The summed E-state index contributed by atoms with van der Waals surface area (Å²) in [5, 5.41) is 18.0. The van der Waals surface area contributed by atoms with Gasteiger partial charge in [-0.05, 0) is 12.8 Å². The summed E-state index contributed by atoms with van der Waals surface area (Å²) in [5.41, 5.74) is 0. The zero-order chi connectivity index (χ0) is 20.6. The molecule has 0 aromatic heterocycles. The summed E-state index contributed by atoms with van der Waals surface area (Å²) in [6.45, 7) is 4.37. The number of aliphatic carboxylic acids is 2. The molecule has 2 fully saturated rings. The van der Waals surface area contributed by atoms with E-state index in [4.69, 9.17) is 38.6 Å². The van der Waals surface area contributed by atoms with Gasteiger partial charge in [-0.3, -0.25) is 0 Å². The van der Waals surface area contributed by atoms with Crippen molar-refractivity contribution < 1.29 is 48.2 Å². The molecule has 0 spiro atoms. The highest BCUT2D eigenvalue weighted by molar-refractivity contribution is 5.75. The van der Waals surface area contributed by atoms with Gasteiger partial charge in [0.05, 0.1) is 39.6 Å². The smallest absolute Gasteiger partial charge is 0.364 e. The summed E-state index contributed by atoms with van der Waals surface area (Å²) >= 11 is 0. The Labute approximate surface area is 163 Å². The van der Waals surface area contributed by atoms with Crippen LogP contribution in [0.3, 0.4) is 0 Å². The van der Waals surface area contributed by atoms with Crippen molar-refractivity contribution in [3.05, 3.63) is 12.2 Å². The molecule has 10 nitrogen and oxygen atoms in total. The number of ether oxygens (including phenoxy) is 6. The van der Waals surface area contributed by atoms with Crippen molar-refractivity contribution in [2.24, 2.45) is 0 Å². The van der Waals surface area contributed by atoms with E-state index in [0.717, 1.165) is 0 Å². The van der Waals surface area contributed by atoms with Crippen LogP contribution in [-0.2, 0) is 38.0 Å². The molecule has 28 heavy (non-hydrogen) atoms. The van der Waals surface area contributed by atoms with Crippen LogP contribution >= 0.6 is 0 Å². The number of rotatable bonds is 10. The van der Waals surface area contributed by atoms with E-state index in [2.05, 4.69) is 0 Å². The van der Waals surface area contributed by atoms with Crippen LogP contribution in [0, 0.1) is 0 Å². The van der Waals surface area contributed by atoms with Gasteiger partial charge >= 0.3 is 11.9 Å². The molecule has 2 aliphatic heterocycles. The average molecular weight is 404 g/mol. The van der Waals surface area contributed by atoms with Gasteiger partial charge < -0.3 is 38.6 Å². The van der Waals surface area contributed by atoms with E-state index in [1.165, 1.54) is 13.8 Å².